The Morgan fingerprint density at radius 1 is 1.38 bits per heavy atom. The molecular formula is C9H9NO3. The first-order valence-electron chi connectivity index (χ1n) is 3.61. The fraction of sp³-hybridized carbons (Fsp3) is 0. The van der Waals surface area contributed by atoms with E-state index in [9.17, 15) is 4.79 Å². The zero-order valence-corrected chi connectivity index (χ0v) is 6.81. The fourth-order valence-electron chi connectivity index (χ4n) is 0.847. The van der Waals surface area contributed by atoms with Gasteiger partial charge in [0.1, 0.15) is 0 Å². The number of carboxylic acids is 1. The van der Waals surface area contributed by atoms with Crippen LogP contribution in [0.3, 0.4) is 0 Å². The summed E-state index contributed by atoms with van der Waals surface area (Å²) in [5, 5.41) is 8.56. The number of carbonyl (C=O) groups is 1. The molecule has 3 N–H and O–H groups in total. The second-order valence-electron chi connectivity index (χ2n) is 2.34. The van der Waals surface area contributed by atoms with Gasteiger partial charge in [-0.1, -0.05) is 30.3 Å². The van der Waals surface area contributed by atoms with Crippen molar-refractivity contribution < 1.29 is 14.7 Å². The second kappa shape index (κ2) is 4.27. The van der Waals surface area contributed by atoms with Crippen LogP contribution < -0.4 is 5.90 Å². The van der Waals surface area contributed by atoms with Crippen LogP contribution >= 0.6 is 0 Å². The molecule has 0 amide bonds. The average molecular weight is 179 g/mol. The molecule has 4 nitrogen and oxygen atoms in total. The first-order valence-corrected chi connectivity index (χ1v) is 3.61. The minimum atomic E-state index is -1.19. The summed E-state index contributed by atoms with van der Waals surface area (Å²) in [5.41, 5.74) is 0.727. The molecule has 13 heavy (non-hydrogen) atoms. The van der Waals surface area contributed by atoms with Crippen LogP contribution in [0.25, 0.3) is 6.08 Å². The third kappa shape index (κ3) is 2.61. The van der Waals surface area contributed by atoms with Gasteiger partial charge < -0.3 is 9.94 Å². The molecule has 68 valence electrons. The van der Waals surface area contributed by atoms with Crippen molar-refractivity contribution in [3.8, 4) is 0 Å². The molecular weight excluding hydrogens is 170 g/mol. The maximum absolute atomic E-state index is 10.5. The monoisotopic (exact) mass is 179 g/mol. The van der Waals surface area contributed by atoms with Crippen LogP contribution in [0.4, 0.5) is 0 Å². The van der Waals surface area contributed by atoms with E-state index in [4.69, 9.17) is 11.0 Å². The van der Waals surface area contributed by atoms with Crippen LogP contribution in [0, 0.1) is 0 Å². The number of hydrogen-bond acceptors (Lipinski definition) is 3. The number of hydrogen-bond donors (Lipinski definition) is 2. The summed E-state index contributed by atoms with van der Waals surface area (Å²) in [6.07, 6.45) is 1.35. The summed E-state index contributed by atoms with van der Waals surface area (Å²) in [5.74, 6) is 3.30. The zero-order valence-electron chi connectivity index (χ0n) is 6.81. The van der Waals surface area contributed by atoms with Crippen molar-refractivity contribution in [3.63, 3.8) is 0 Å². The number of nitrogens with two attached hydrogens (primary N) is 1. The molecule has 0 saturated carbocycles. The molecule has 4 heteroatoms. The van der Waals surface area contributed by atoms with Gasteiger partial charge in [0.2, 0.25) is 5.76 Å². The van der Waals surface area contributed by atoms with E-state index in [-0.39, 0.29) is 5.76 Å². The van der Waals surface area contributed by atoms with E-state index in [0.29, 0.717) is 0 Å². The van der Waals surface area contributed by atoms with Gasteiger partial charge in [-0.3, -0.25) is 0 Å². The minimum Gasteiger partial charge on any atom is -0.475 e. The zero-order chi connectivity index (χ0) is 9.68. The lowest BCUT2D eigenvalue weighted by Crippen LogP contribution is -2.08. The highest BCUT2D eigenvalue weighted by Crippen LogP contribution is 2.05. The van der Waals surface area contributed by atoms with E-state index in [1.807, 2.05) is 6.07 Å². The molecule has 0 aliphatic heterocycles. The normalized spacial score (nSPS) is 11.0. The van der Waals surface area contributed by atoms with E-state index in [1.165, 1.54) is 6.08 Å². The van der Waals surface area contributed by atoms with Crippen molar-refractivity contribution in [2.24, 2.45) is 5.90 Å². The molecule has 1 rings (SSSR count). The SMILES string of the molecule is NOC(=Cc1ccccc1)C(=O)O. The van der Waals surface area contributed by atoms with Crippen LogP contribution in [-0.4, -0.2) is 11.1 Å². The predicted octanol–water partition coefficient (Wildman–Crippen LogP) is 1.00. The molecule has 0 aliphatic rings. The van der Waals surface area contributed by atoms with Gasteiger partial charge >= 0.3 is 5.97 Å². The van der Waals surface area contributed by atoms with Crippen molar-refractivity contribution in [1.29, 1.82) is 0 Å². The Balaban J connectivity index is 2.92. The Labute approximate surface area is 75.2 Å². The molecule has 0 heterocycles. The van der Waals surface area contributed by atoms with E-state index in [1.54, 1.807) is 24.3 Å². The Kier molecular flexibility index (Phi) is 3.05. The molecule has 0 saturated heterocycles. The third-order valence-corrected chi connectivity index (χ3v) is 1.44. The van der Waals surface area contributed by atoms with E-state index < -0.39 is 5.97 Å². The topological polar surface area (TPSA) is 72.5 Å². The molecule has 1 aromatic carbocycles. The summed E-state index contributed by atoms with van der Waals surface area (Å²) in [4.78, 5) is 14.6. The summed E-state index contributed by atoms with van der Waals surface area (Å²) < 4.78 is 0. The van der Waals surface area contributed by atoms with Crippen molar-refractivity contribution >= 4 is 12.0 Å². The molecule has 1 aromatic rings. The lowest BCUT2D eigenvalue weighted by molar-refractivity contribution is -0.136. The number of rotatable bonds is 3. The van der Waals surface area contributed by atoms with Crippen molar-refractivity contribution in [2.75, 3.05) is 0 Å². The van der Waals surface area contributed by atoms with Crippen molar-refractivity contribution in [3.05, 3.63) is 41.7 Å². The Morgan fingerprint density at radius 3 is 2.46 bits per heavy atom. The van der Waals surface area contributed by atoms with Crippen LogP contribution in [0.5, 0.6) is 0 Å². The standard InChI is InChI=1S/C9H9NO3/c10-13-8(9(11)12)6-7-4-2-1-3-5-7/h1-6H,10H2,(H,11,12). The van der Waals surface area contributed by atoms with Crippen LogP contribution in [0.1, 0.15) is 5.56 Å². The largest absolute Gasteiger partial charge is 0.475 e. The average Bonchev–Trinajstić information content (AvgIpc) is 2.15. The molecule has 0 bridgehead atoms. The second-order valence-corrected chi connectivity index (χ2v) is 2.34. The minimum absolute atomic E-state index is 0.286. The van der Waals surface area contributed by atoms with Gasteiger partial charge in [-0.25, -0.2) is 4.79 Å². The molecule has 0 aliphatic carbocycles. The van der Waals surface area contributed by atoms with Gasteiger partial charge in [0, 0.05) is 0 Å². The lowest BCUT2D eigenvalue weighted by atomic mass is 10.2. The van der Waals surface area contributed by atoms with E-state index in [2.05, 4.69) is 4.84 Å². The van der Waals surface area contributed by atoms with Crippen molar-refractivity contribution in [1.82, 2.24) is 0 Å². The van der Waals surface area contributed by atoms with Gasteiger partial charge in [0.15, 0.2) is 0 Å². The molecule has 0 fully saturated rings. The maximum atomic E-state index is 10.5. The van der Waals surface area contributed by atoms with Crippen LogP contribution in [0.2, 0.25) is 0 Å². The van der Waals surface area contributed by atoms with Gasteiger partial charge in [-0.2, -0.15) is 5.90 Å². The van der Waals surface area contributed by atoms with E-state index in [0.717, 1.165) is 5.56 Å². The number of aliphatic carboxylic acids is 1. The Morgan fingerprint density at radius 2 is 2.00 bits per heavy atom. The molecule has 0 radical (unpaired) electrons. The maximum Gasteiger partial charge on any atom is 0.373 e. The number of carboxylic acid groups (broad SMARTS) is 1. The van der Waals surface area contributed by atoms with Crippen LogP contribution in [0.15, 0.2) is 36.1 Å². The molecule has 0 spiro atoms. The molecule has 0 unspecified atom stereocenters. The first kappa shape index (κ1) is 9.28. The van der Waals surface area contributed by atoms with E-state index >= 15 is 0 Å². The van der Waals surface area contributed by atoms with Crippen LogP contribution in [-0.2, 0) is 9.63 Å². The lowest BCUT2D eigenvalue weighted by Gasteiger charge is -1.98. The third-order valence-electron chi connectivity index (χ3n) is 1.44. The summed E-state index contributed by atoms with van der Waals surface area (Å²) in [6, 6.07) is 8.93. The Hall–Kier alpha value is -1.81. The highest BCUT2D eigenvalue weighted by molar-refractivity contribution is 5.89. The quantitative estimate of drug-likeness (QED) is 0.412. The Bertz CT molecular complexity index is 319. The smallest absolute Gasteiger partial charge is 0.373 e. The predicted molar refractivity (Wildman–Crippen MR) is 47.3 cm³/mol. The first-order chi connectivity index (χ1) is 6.24. The van der Waals surface area contributed by atoms with Gasteiger partial charge in [-0.15, -0.1) is 0 Å². The van der Waals surface area contributed by atoms with Gasteiger partial charge in [0.05, 0.1) is 0 Å². The van der Waals surface area contributed by atoms with Crippen molar-refractivity contribution in [2.45, 2.75) is 0 Å². The number of benzene rings is 1. The highest BCUT2D eigenvalue weighted by Gasteiger charge is 2.06. The molecule has 0 aromatic heterocycles. The fourth-order valence-corrected chi connectivity index (χ4v) is 0.847. The highest BCUT2D eigenvalue weighted by atomic mass is 16.6. The summed E-state index contributed by atoms with van der Waals surface area (Å²) in [6.45, 7) is 0. The van der Waals surface area contributed by atoms with Gasteiger partial charge in [0.25, 0.3) is 0 Å². The summed E-state index contributed by atoms with van der Waals surface area (Å²) >= 11 is 0. The summed E-state index contributed by atoms with van der Waals surface area (Å²) in [7, 11) is 0. The van der Waals surface area contributed by atoms with Gasteiger partial charge in [-0.05, 0) is 11.6 Å². The molecule has 0 atom stereocenters.